The average Bonchev–Trinajstić information content (AvgIpc) is 3.21. The second-order valence-corrected chi connectivity index (χ2v) is 6.70. The molecule has 0 aliphatic rings. The summed E-state index contributed by atoms with van der Waals surface area (Å²) in [6, 6.07) is 7.36. The van der Waals surface area contributed by atoms with Gasteiger partial charge in [0.15, 0.2) is 11.5 Å². The highest BCUT2D eigenvalue weighted by molar-refractivity contribution is 5.97. The van der Waals surface area contributed by atoms with Crippen molar-refractivity contribution < 1.29 is 14.3 Å². The van der Waals surface area contributed by atoms with Gasteiger partial charge in [-0.2, -0.15) is 0 Å². The van der Waals surface area contributed by atoms with E-state index in [-0.39, 0.29) is 6.03 Å². The molecule has 0 fully saturated rings. The van der Waals surface area contributed by atoms with E-state index in [1.165, 1.54) is 20.4 Å². The molecule has 32 heavy (non-hydrogen) atoms. The Bertz CT molecular complexity index is 1180. The van der Waals surface area contributed by atoms with Crippen LogP contribution in [0.2, 0.25) is 0 Å². The Labute approximate surface area is 186 Å². The van der Waals surface area contributed by atoms with Crippen LogP contribution < -0.4 is 16.4 Å². The minimum Gasteiger partial charge on any atom is -0.493 e. The molecule has 0 saturated heterocycles. The third-order valence-corrected chi connectivity index (χ3v) is 4.64. The van der Waals surface area contributed by atoms with Crippen LogP contribution in [-0.4, -0.2) is 41.7 Å². The number of pyridine rings is 1. The number of imidazole rings is 1. The van der Waals surface area contributed by atoms with Gasteiger partial charge in [0, 0.05) is 36.3 Å². The highest BCUT2D eigenvalue weighted by Gasteiger charge is 2.15. The number of rotatable bonds is 8. The van der Waals surface area contributed by atoms with Crippen molar-refractivity contribution in [3.05, 3.63) is 72.6 Å². The fourth-order valence-corrected chi connectivity index (χ4v) is 3.16. The number of nitrogens with two attached hydrogens (primary N) is 1. The number of allylic oxidation sites excluding steroid dienone is 2. The number of benzene rings is 1. The van der Waals surface area contributed by atoms with E-state index < -0.39 is 0 Å². The van der Waals surface area contributed by atoms with Crippen molar-refractivity contribution in [2.45, 2.75) is 6.92 Å². The number of hydrogen-bond acceptors (Lipinski definition) is 6. The lowest BCUT2D eigenvalue weighted by atomic mass is 9.98. The Kier molecular flexibility index (Phi) is 7.12. The molecule has 3 aromatic rings. The van der Waals surface area contributed by atoms with Crippen molar-refractivity contribution in [3.63, 3.8) is 0 Å². The lowest BCUT2D eigenvalue weighted by Gasteiger charge is -2.11. The number of urea groups is 1. The Morgan fingerprint density at radius 2 is 2.03 bits per heavy atom. The fraction of sp³-hybridized carbons (Fsp3) is 0.174. The van der Waals surface area contributed by atoms with Gasteiger partial charge in [-0.15, -0.1) is 0 Å². The third kappa shape index (κ3) is 4.89. The van der Waals surface area contributed by atoms with E-state index in [2.05, 4.69) is 32.2 Å². The number of methoxy groups -OCH3 is 2. The first-order valence-corrected chi connectivity index (χ1v) is 9.90. The zero-order valence-corrected chi connectivity index (χ0v) is 18.2. The van der Waals surface area contributed by atoms with Crippen LogP contribution in [0.15, 0.2) is 67.0 Å². The maximum atomic E-state index is 12.0. The number of aromatic amines is 1. The van der Waals surface area contributed by atoms with Crippen LogP contribution in [0.4, 0.5) is 10.7 Å². The lowest BCUT2D eigenvalue weighted by Crippen LogP contribution is -2.28. The summed E-state index contributed by atoms with van der Waals surface area (Å²) in [4.78, 5) is 23.9. The Morgan fingerprint density at radius 3 is 2.66 bits per heavy atom. The number of hydrogen-bond donors (Lipinski definition) is 4. The van der Waals surface area contributed by atoms with Gasteiger partial charge in [0.1, 0.15) is 0 Å². The Hall–Kier alpha value is -4.27. The molecule has 2 aromatic heterocycles. The molecule has 2 heterocycles. The van der Waals surface area contributed by atoms with Crippen LogP contribution in [-0.2, 0) is 9.47 Å². The Morgan fingerprint density at radius 1 is 1.25 bits per heavy atom. The van der Waals surface area contributed by atoms with Crippen LogP contribution in [0, 0.1) is 0 Å². The topological polar surface area (TPSA) is 127 Å². The summed E-state index contributed by atoms with van der Waals surface area (Å²) in [5.41, 5.74) is 10.2. The number of H-pyrrole nitrogens is 1. The lowest BCUT2D eigenvalue weighted by molar-refractivity contribution is 0.220. The monoisotopic (exact) mass is 434 g/mol. The van der Waals surface area contributed by atoms with Gasteiger partial charge in [-0.1, -0.05) is 12.6 Å². The number of anilines is 1. The maximum absolute atomic E-state index is 12.0. The summed E-state index contributed by atoms with van der Waals surface area (Å²) < 4.78 is 10.7. The molecule has 9 nitrogen and oxygen atoms in total. The predicted molar refractivity (Wildman–Crippen MR) is 125 cm³/mol. The first kappa shape index (κ1) is 22.4. The maximum Gasteiger partial charge on any atom is 0.321 e. The number of aromatic nitrogens is 3. The third-order valence-electron chi connectivity index (χ3n) is 4.64. The zero-order chi connectivity index (χ0) is 23.1. The molecule has 3 rings (SSSR count). The molecule has 0 atom stereocenters. The summed E-state index contributed by atoms with van der Waals surface area (Å²) in [5, 5.41) is 5.38. The molecule has 0 unspecified atom stereocenters. The predicted octanol–water partition coefficient (Wildman–Crippen LogP) is 3.76. The number of nitrogens with one attached hydrogen (secondary N) is 3. The number of amides is 2. The van der Waals surface area contributed by atoms with Crippen LogP contribution >= 0.6 is 0 Å². The van der Waals surface area contributed by atoms with E-state index in [1.54, 1.807) is 18.5 Å². The molecule has 0 radical (unpaired) electrons. The number of ether oxygens (including phenoxy) is 2. The van der Waals surface area contributed by atoms with Gasteiger partial charge < -0.3 is 25.5 Å². The van der Waals surface area contributed by atoms with E-state index in [1.807, 2.05) is 31.2 Å². The van der Waals surface area contributed by atoms with E-state index in [9.17, 15) is 4.79 Å². The second-order valence-electron chi connectivity index (χ2n) is 6.70. The molecule has 0 bridgehead atoms. The van der Waals surface area contributed by atoms with E-state index in [0.29, 0.717) is 40.6 Å². The summed E-state index contributed by atoms with van der Waals surface area (Å²) in [6.07, 6.45) is 6.52. The van der Waals surface area contributed by atoms with Gasteiger partial charge in [-0.3, -0.25) is 10.3 Å². The number of carbonyl (C=O) groups excluding carboxylic acids is 1. The normalized spacial score (nSPS) is 11.8. The standard InChI is InChI=1S/C23H26N6O3/c1-5-26-23(30)29-22-27-18-11-16(15-7-6-8-25-13-15)10-17(21(18)28-22)14(2)9-19(31-3)20(12-24)32-4/h6-13H,2,5,24H2,1,3-4H3,(H3,26,27,28,29,30)/b19-9+,20-12+. The van der Waals surface area contributed by atoms with Crippen LogP contribution in [0.25, 0.3) is 27.7 Å². The van der Waals surface area contributed by atoms with Gasteiger partial charge in [-0.25, -0.2) is 9.78 Å². The van der Waals surface area contributed by atoms with Crippen LogP contribution in [0.1, 0.15) is 12.5 Å². The van der Waals surface area contributed by atoms with Crippen molar-refractivity contribution in [2.75, 3.05) is 26.1 Å². The smallest absolute Gasteiger partial charge is 0.321 e. The minimum absolute atomic E-state index is 0.318. The zero-order valence-electron chi connectivity index (χ0n) is 18.2. The first-order valence-electron chi connectivity index (χ1n) is 9.90. The molecule has 0 aliphatic carbocycles. The summed E-state index contributed by atoms with van der Waals surface area (Å²) in [5.74, 6) is 1.11. The number of fused-ring (bicyclic) bond motifs is 1. The Balaban J connectivity index is 2.14. The summed E-state index contributed by atoms with van der Waals surface area (Å²) in [6.45, 7) is 6.54. The van der Waals surface area contributed by atoms with Gasteiger partial charge in [0.25, 0.3) is 0 Å². The minimum atomic E-state index is -0.348. The van der Waals surface area contributed by atoms with Crippen molar-refractivity contribution >= 4 is 28.6 Å². The SMILES string of the molecule is C=C(/C=C(OC)\C(=C/N)OC)c1cc(-c2cccnc2)cc2nc(NC(=O)NCC)[nH]c12. The quantitative estimate of drug-likeness (QED) is 0.316. The van der Waals surface area contributed by atoms with Gasteiger partial charge in [0.05, 0.1) is 25.3 Å². The molecule has 9 heteroatoms. The fourth-order valence-electron chi connectivity index (χ4n) is 3.16. The van der Waals surface area contributed by atoms with Gasteiger partial charge in [-0.05, 0) is 42.3 Å². The summed E-state index contributed by atoms with van der Waals surface area (Å²) in [7, 11) is 3.03. The number of carbonyl (C=O) groups is 1. The van der Waals surface area contributed by atoms with E-state index >= 15 is 0 Å². The molecule has 1 aromatic carbocycles. The van der Waals surface area contributed by atoms with E-state index in [0.717, 1.165) is 16.7 Å². The molecule has 2 amide bonds. The van der Waals surface area contributed by atoms with Gasteiger partial charge in [0.2, 0.25) is 5.95 Å². The van der Waals surface area contributed by atoms with E-state index in [4.69, 9.17) is 15.2 Å². The van der Waals surface area contributed by atoms with Crippen molar-refractivity contribution in [1.29, 1.82) is 0 Å². The first-order chi connectivity index (χ1) is 15.5. The van der Waals surface area contributed by atoms with Crippen molar-refractivity contribution in [3.8, 4) is 11.1 Å². The second kappa shape index (κ2) is 10.2. The highest BCUT2D eigenvalue weighted by Crippen LogP contribution is 2.32. The molecule has 5 N–H and O–H groups in total. The highest BCUT2D eigenvalue weighted by atomic mass is 16.5. The number of nitrogens with zero attached hydrogens (tertiary/aromatic N) is 2. The molecule has 166 valence electrons. The molecular formula is C23H26N6O3. The van der Waals surface area contributed by atoms with Gasteiger partial charge >= 0.3 is 6.03 Å². The van der Waals surface area contributed by atoms with Crippen LogP contribution in [0.5, 0.6) is 0 Å². The van der Waals surface area contributed by atoms with Crippen molar-refractivity contribution in [2.24, 2.45) is 5.73 Å². The average molecular weight is 435 g/mol. The molecule has 0 aliphatic heterocycles. The largest absolute Gasteiger partial charge is 0.493 e. The molecule has 0 saturated carbocycles. The molecule has 0 spiro atoms. The molecular weight excluding hydrogens is 408 g/mol. The summed E-state index contributed by atoms with van der Waals surface area (Å²) >= 11 is 0. The van der Waals surface area contributed by atoms with Crippen LogP contribution in [0.3, 0.4) is 0 Å². The van der Waals surface area contributed by atoms with Crippen molar-refractivity contribution in [1.82, 2.24) is 20.3 Å².